The first-order valence-electron chi connectivity index (χ1n) is 6.76. The quantitative estimate of drug-likeness (QED) is 0.920. The number of nitrogens with zero attached hydrogens (tertiary/aromatic N) is 1. The minimum absolute atomic E-state index is 0.0499. The predicted molar refractivity (Wildman–Crippen MR) is 81.6 cm³/mol. The van der Waals surface area contributed by atoms with Gasteiger partial charge in [-0.25, -0.2) is 13.4 Å². The molecule has 3 rings (SSSR count). The molecule has 6 nitrogen and oxygen atoms in total. The van der Waals surface area contributed by atoms with Crippen LogP contribution in [-0.2, 0) is 21.6 Å². The van der Waals surface area contributed by atoms with Crippen molar-refractivity contribution in [3.05, 3.63) is 59.9 Å². The van der Waals surface area contributed by atoms with Crippen molar-refractivity contribution in [3.63, 3.8) is 0 Å². The number of para-hydroxylation sites is 1. The van der Waals surface area contributed by atoms with Crippen molar-refractivity contribution in [2.24, 2.45) is 0 Å². The van der Waals surface area contributed by atoms with E-state index in [1.54, 1.807) is 4.72 Å². The number of hydrogen-bond acceptors (Lipinski definition) is 4. The van der Waals surface area contributed by atoms with E-state index in [1.165, 1.54) is 12.1 Å². The summed E-state index contributed by atoms with van der Waals surface area (Å²) in [5.41, 5.74) is 0.572. The van der Waals surface area contributed by atoms with Crippen LogP contribution in [0.2, 0.25) is 0 Å². The third kappa shape index (κ3) is 3.11. The van der Waals surface area contributed by atoms with Gasteiger partial charge in [0.1, 0.15) is 24.6 Å². The fourth-order valence-corrected chi connectivity index (χ4v) is 3.40. The van der Waals surface area contributed by atoms with Crippen LogP contribution in [0, 0.1) is 5.82 Å². The Hall–Kier alpha value is -2.61. The van der Waals surface area contributed by atoms with Crippen molar-refractivity contribution in [2.45, 2.75) is 6.61 Å². The second-order valence-corrected chi connectivity index (χ2v) is 6.49. The third-order valence-electron chi connectivity index (χ3n) is 3.26. The minimum atomic E-state index is -4.10. The molecular formula is C15H13FN2O4S. The van der Waals surface area contributed by atoms with E-state index in [0.717, 1.165) is 11.6 Å². The van der Waals surface area contributed by atoms with Gasteiger partial charge in [-0.1, -0.05) is 36.4 Å². The van der Waals surface area contributed by atoms with E-state index in [9.17, 15) is 17.6 Å². The van der Waals surface area contributed by atoms with Gasteiger partial charge in [0.15, 0.2) is 5.82 Å². The molecule has 0 unspecified atom stereocenters. The van der Waals surface area contributed by atoms with Gasteiger partial charge in [0.05, 0.1) is 0 Å². The van der Waals surface area contributed by atoms with Crippen LogP contribution in [0.3, 0.4) is 0 Å². The van der Waals surface area contributed by atoms with Crippen LogP contribution in [0.15, 0.2) is 48.5 Å². The number of rotatable bonds is 4. The molecule has 1 aliphatic rings. The highest BCUT2D eigenvalue weighted by Gasteiger charge is 2.37. The van der Waals surface area contributed by atoms with Crippen molar-refractivity contribution in [1.29, 1.82) is 0 Å². The number of hydrogen-bond donors (Lipinski definition) is 1. The SMILES string of the molecule is O=C1CN(c2c(F)cccc2OCc2ccccc2)S(=O)(=O)N1. The van der Waals surface area contributed by atoms with Gasteiger partial charge in [-0.2, -0.15) is 8.42 Å². The molecule has 0 spiro atoms. The maximum atomic E-state index is 14.2. The van der Waals surface area contributed by atoms with Crippen LogP contribution in [0.5, 0.6) is 5.75 Å². The first-order valence-corrected chi connectivity index (χ1v) is 8.20. The molecule has 2 aromatic rings. The summed E-state index contributed by atoms with van der Waals surface area (Å²) in [5, 5.41) is 0. The molecule has 0 aromatic heterocycles. The Balaban J connectivity index is 1.93. The van der Waals surface area contributed by atoms with E-state index in [4.69, 9.17) is 4.74 Å². The lowest BCUT2D eigenvalue weighted by Gasteiger charge is -2.19. The molecule has 0 atom stereocenters. The first-order chi connectivity index (χ1) is 11.0. The zero-order valence-corrected chi connectivity index (χ0v) is 12.7. The van der Waals surface area contributed by atoms with Crippen molar-refractivity contribution in [1.82, 2.24) is 4.72 Å². The predicted octanol–water partition coefficient (Wildman–Crippen LogP) is 1.59. The molecule has 120 valence electrons. The zero-order chi connectivity index (χ0) is 16.4. The molecule has 0 saturated carbocycles. The average molecular weight is 336 g/mol. The van der Waals surface area contributed by atoms with E-state index in [0.29, 0.717) is 4.31 Å². The fraction of sp³-hybridized carbons (Fsp3) is 0.133. The van der Waals surface area contributed by atoms with Gasteiger partial charge in [-0.05, 0) is 17.7 Å². The molecule has 1 fully saturated rings. The second kappa shape index (κ2) is 5.88. The number of carbonyl (C=O) groups excluding carboxylic acids is 1. The molecular weight excluding hydrogens is 323 g/mol. The summed E-state index contributed by atoms with van der Waals surface area (Å²) in [6.07, 6.45) is 0. The Morgan fingerprint density at radius 3 is 2.52 bits per heavy atom. The second-order valence-electron chi connectivity index (χ2n) is 4.90. The van der Waals surface area contributed by atoms with E-state index >= 15 is 0 Å². The average Bonchev–Trinajstić information content (AvgIpc) is 2.78. The van der Waals surface area contributed by atoms with Crippen molar-refractivity contribution in [3.8, 4) is 5.75 Å². The normalized spacial score (nSPS) is 16.2. The topological polar surface area (TPSA) is 75.7 Å². The molecule has 2 aromatic carbocycles. The molecule has 0 radical (unpaired) electrons. The zero-order valence-electron chi connectivity index (χ0n) is 11.9. The summed E-state index contributed by atoms with van der Waals surface area (Å²) < 4.78 is 46.1. The van der Waals surface area contributed by atoms with Gasteiger partial charge in [0, 0.05) is 0 Å². The number of anilines is 1. The van der Waals surface area contributed by atoms with E-state index in [2.05, 4.69) is 0 Å². The maximum Gasteiger partial charge on any atom is 0.326 e. The van der Waals surface area contributed by atoms with Gasteiger partial charge in [-0.3, -0.25) is 4.79 Å². The smallest absolute Gasteiger partial charge is 0.326 e. The first kappa shape index (κ1) is 15.3. The number of nitrogens with one attached hydrogen (secondary N) is 1. The molecule has 1 heterocycles. The summed E-state index contributed by atoms with van der Waals surface area (Å²) in [4.78, 5) is 11.3. The summed E-state index contributed by atoms with van der Waals surface area (Å²) in [5.74, 6) is -1.45. The Bertz CT molecular complexity index is 840. The van der Waals surface area contributed by atoms with Crippen LogP contribution in [0.1, 0.15) is 5.56 Å². The Labute approximate surface area is 132 Å². The van der Waals surface area contributed by atoms with Gasteiger partial charge >= 0.3 is 10.2 Å². The Morgan fingerprint density at radius 1 is 1.13 bits per heavy atom. The molecule has 23 heavy (non-hydrogen) atoms. The van der Waals surface area contributed by atoms with Crippen LogP contribution in [0.25, 0.3) is 0 Å². The third-order valence-corrected chi connectivity index (χ3v) is 4.63. The number of benzene rings is 2. The van der Waals surface area contributed by atoms with Gasteiger partial charge in [-0.15, -0.1) is 0 Å². The van der Waals surface area contributed by atoms with E-state index in [1.807, 2.05) is 30.3 Å². The summed E-state index contributed by atoms with van der Waals surface area (Å²) in [6, 6.07) is 13.2. The van der Waals surface area contributed by atoms with Crippen LogP contribution in [-0.4, -0.2) is 20.9 Å². The molecule has 0 aliphatic carbocycles. The van der Waals surface area contributed by atoms with Crippen LogP contribution < -0.4 is 13.8 Å². The Kier molecular flexibility index (Phi) is 3.91. The number of ether oxygens (including phenoxy) is 1. The molecule has 1 N–H and O–H groups in total. The summed E-state index contributed by atoms with van der Waals surface area (Å²) in [7, 11) is -4.10. The van der Waals surface area contributed by atoms with E-state index < -0.39 is 28.5 Å². The van der Waals surface area contributed by atoms with Gasteiger partial charge in [0.25, 0.3) is 5.91 Å². The number of amides is 1. The molecule has 1 saturated heterocycles. The standard InChI is InChI=1S/C15H13FN2O4S/c16-12-7-4-8-13(22-10-11-5-2-1-3-6-11)15(12)18-9-14(19)17-23(18,20)21/h1-8H,9-10H2,(H,17,19). The highest BCUT2D eigenvalue weighted by atomic mass is 32.2. The molecule has 1 amide bonds. The molecule has 0 bridgehead atoms. The highest BCUT2D eigenvalue weighted by molar-refractivity contribution is 7.92. The van der Waals surface area contributed by atoms with Crippen LogP contribution in [0.4, 0.5) is 10.1 Å². The van der Waals surface area contributed by atoms with Crippen molar-refractivity contribution < 1.29 is 22.3 Å². The highest BCUT2D eigenvalue weighted by Crippen LogP contribution is 2.34. The number of carbonyl (C=O) groups is 1. The Morgan fingerprint density at radius 2 is 1.87 bits per heavy atom. The van der Waals surface area contributed by atoms with Crippen molar-refractivity contribution >= 4 is 21.8 Å². The maximum absolute atomic E-state index is 14.2. The molecule has 1 aliphatic heterocycles. The van der Waals surface area contributed by atoms with Crippen LogP contribution >= 0.6 is 0 Å². The van der Waals surface area contributed by atoms with Gasteiger partial charge < -0.3 is 4.74 Å². The fourth-order valence-electron chi connectivity index (χ4n) is 2.24. The summed E-state index contributed by atoms with van der Waals surface area (Å²) in [6.45, 7) is -0.336. The monoisotopic (exact) mass is 336 g/mol. The lowest BCUT2D eigenvalue weighted by molar-refractivity contribution is -0.117. The molecule has 8 heteroatoms. The van der Waals surface area contributed by atoms with E-state index in [-0.39, 0.29) is 18.0 Å². The number of halogens is 1. The summed E-state index contributed by atoms with van der Waals surface area (Å²) >= 11 is 0. The van der Waals surface area contributed by atoms with Gasteiger partial charge in [0.2, 0.25) is 0 Å². The largest absolute Gasteiger partial charge is 0.487 e. The lowest BCUT2D eigenvalue weighted by atomic mass is 10.2. The minimum Gasteiger partial charge on any atom is -0.487 e. The van der Waals surface area contributed by atoms with Crippen molar-refractivity contribution in [2.75, 3.05) is 10.8 Å². The lowest BCUT2D eigenvalue weighted by Crippen LogP contribution is -2.30.